The van der Waals surface area contributed by atoms with Crippen molar-refractivity contribution in [3.8, 4) is 0 Å². The number of piperidine rings is 1. The molecule has 0 aromatic rings. The van der Waals surface area contributed by atoms with Gasteiger partial charge in [0.15, 0.2) is 0 Å². The van der Waals surface area contributed by atoms with Gasteiger partial charge in [0.1, 0.15) is 6.61 Å². The summed E-state index contributed by atoms with van der Waals surface area (Å²) in [5.74, 6) is -0.990. The topological polar surface area (TPSA) is 108 Å². The molecule has 1 saturated heterocycles. The van der Waals surface area contributed by atoms with Crippen LogP contribution in [0.5, 0.6) is 0 Å². The first kappa shape index (κ1) is 15.2. The molecule has 3 amide bonds. The number of amides is 3. The molecule has 1 aliphatic heterocycles. The van der Waals surface area contributed by atoms with E-state index in [0.29, 0.717) is 32.5 Å². The molecule has 1 rings (SSSR count). The number of nitrogens with one attached hydrogen (secondary N) is 2. The Hall–Kier alpha value is -1.83. The van der Waals surface area contributed by atoms with Crippen molar-refractivity contribution in [2.75, 3.05) is 26.3 Å². The number of nitrogens with zero attached hydrogens (tertiary/aromatic N) is 1. The third kappa shape index (κ3) is 5.12. The standard InChI is InChI=1S/C11H19N3O5/c1-2-19-7-9(15)12-13-10(16)8-3-5-14(6-4-8)11(17)18/h8H,2-7H2,1H3,(H,12,15)(H,13,16)(H,17,18). The van der Waals surface area contributed by atoms with Crippen LogP contribution >= 0.6 is 0 Å². The Morgan fingerprint density at radius 1 is 1.26 bits per heavy atom. The summed E-state index contributed by atoms with van der Waals surface area (Å²) in [7, 11) is 0. The van der Waals surface area contributed by atoms with Gasteiger partial charge in [0.05, 0.1) is 0 Å². The number of carbonyl (C=O) groups is 3. The van der Waals surface area contributed by atoms with E-state index in [-0.39, 0.29) is 18.4 Å². The molecule has 0 radical (unpaired) electrons. The number of hydrazine groups is 1. The average molecular weight is 273 g/mol. The highest BCUT2D eigenvalue weighted by atomic mass is 16.5. The van der Waals surface area contributed by atoms with Crippen molar-refractivity contribution < 1.29 is 24.2 Å². The van der Waals surface area contributed by atoms with Crippen LogP contribution in [0, 0.1) is 5.92 Å². The fourth-order valence-electron chi connectivity index (χ4n) is 1.80. The van der Waals surface area contributed by atoms with Crippen molar-refractivity contribution in [3.05, 3.63) is 0 Å². The molecule has 1 aliphatic rings. The monoisotopic (exact) mass is 273 g/mol. The van der Waals surface area contributed by atoms with E-state index in [2.05, 4.69) is 10.9 Å². The van der Waals surface area contributed by atoms with E-state index in [9.17, 15) is 14.4 Å². The van der Waals surface area contributed by atoms with E-state index < -0.39 is 12.0 Å². The molecule has 0 spiro atoms. The quantitative estimate of drug-likeness (QED) is 0.602. The summed E-state index contributed by atoms with van der Waals surface area (Å²) >= 11 is 0. The van der Waals surface area contributed by atoms with Crippen molar-refractivity contribution in [2.45, 2.75) is 19.8 Å². The molecule has 0 saturated carbocycles. The van der Waals surface area contributed by atoms with Crippen molar-refractivity contribution in [1.82, 2.24) is 15.8 Å². The number of hydrogen-bond acceptors (Lipinski definition) is 4. The molecular formula is C11H19N3O5. The van der Waals surface area contributed by atoms with Gasteiger partial charge in [-0.05, 0) is 19.8 Å². The van der Waals surface area contributed by atoms with Crippen LogP contribution < -0.4 is 10.9 Å². The molecule has 1 heterocycles. The first-order chi connectivity index (χ1) is 9.04. The number of likely N-dealkylation sites (tertiary alicyclic amines) is 1. The van der Waals surface area contributed by atoms with Gasteiger partial charge in [-0.2, -0.15) is 0 Å². The predicted octanol–water partition coefficient (Wildman–Crippen LogP) is -0.440. The van der Waals surface area contributed by atoms with E-state index >= 15 is 0 Å². The lowest BCUT2D eigenvalue weighted by Gasteiger charge is -2.29. The highest BCUT2D eigenvalue weighted by Crippen LogP contribution is 2.16. The second-order valence-corrected chi connectivity index (χ2v) is 4.22. The lowest BCUT2D eigenvalue weighted by atomic mass is 9.96. The molecule has 0 aliphatic carbocycles. The normalized spacial score (nSPS) is 15.9. The lowest BCUT2D eigenvalue weighted by molar-refractivity contribution is -0.134. The maximum absolute atomic E-state index is 11.7. The van der Waals surface area contributed by atoms with Gasteiger partial charge in [-0.1, -0.05) is 0 Å². The van der Waals surface area contributed by atoms with Crippen LogP contribution in [0.4, 0.5) is 4.79 Å². The van der Waals surface area contributed by atoms with Crippen molar-refractivity contribution in [1.29, 1.82) is 0 Å². The van der Waals surface area contributed by atoms with Gasteiger partial charge < -0.3 is 14.7 Å². The first-order valence-corrected chi connectivity index (χ1v) is 6.19. The van der Waals surface area contributed by atoms with E-state index in [0.717, 1.165) is 0 Å². The van der Waals surface area contributed by atoms with Gasteiger partial charge in [-0.15, -0.1) is 0 Å². The van der Waals surface area contributed by atoms with Gasteiger partial charge >= 0.3 is 6.09 Å². The molecule has 8 heteroatoms. The molecule has 1 fully saturated rings. The third-order valence-corrected chi connectivity index (χ3v) is 2.90. The van der Waals surface area contributed by atoms with E-state index in [1.165, 1.54) is 4.90 Å². The summed E-state index contributed by atoms with van der Waals surface area (Å²) in [5, 5.41) is 8.78. The van der Waals surface area contributed by atoms with Crippen molar-refractivity contribution in [2.24, 2.45) is 5.92 Å². The number of carbonyl (C=O) groups excluding carboxylic acids is 2. The molecular weight excluding hydrogens is 254 g/mol. The van der Waals surface area contributed by atoms with Gasteiger partial charge in [0, 0.05) is 25.6 Å². The van der Waals surface area contributed by atoms with Crippen LogP contribution in [0.15, 0.2) is 0 Å². The zero-order valence-corrected chi connectivity index (χ0v) is 10.8. The fourth-order valence-corrected chi connectivity index (χ4v) is 1.80. The van der Waals surface area contributed by atoms with Crippen LogP contribution in [0.1, 0.15) is 19.8 Å². The Morgan fingerprint density at radius 3 is 2.42 bits per heavy atom. The Balaban J connectivity index is 2.24. The van der Waals surface area contributed by atoms with Crippen molar-refractivity contribution in [3.63, 3.8) is 0 Å². The highest BCUT2D eigenvalue weighted by Gasteiger charge is 2.27. The Bertz CT molecular complexity index is 339. The van der Waals surface area contributed by atoms with E-state index in [1.54, 1.807) is 6.92 Å². The molecule has 8 nitrogen and oxygen atoms in total. The lowest BCUT2D eigenvalue weighted by Crippen LogP contribution is -2.48. The summed E-state index contributed by atoms with van der Waals surface area (Å²) in [6.45, 7) is 2.76. The molecule has 0 atom stereocenters. The molecule has 19 heavy (non-hydrogen) atoms. The SMILES string of the molecule is CCOCC(=O)NNC(=O)C1CCN(C(=O)O)CC1. The van der Waals surface area contributed by atoms with Gasteiger partial charge in [0.25, 0.3) is 5.91 Å². The molecule has 108 valence electrons. The largest absolute Gasteiger partial charge is 0.465 e. The van der Waals surface area contributed by atoms with Gasteiger partial charge in [0.2, 0.25) is 5.91 Å². The fraction of sp³-hybridized carbons (Fsp3) is 0.727. The van der Waals surface area contributed by atoms with Crippen molar-refractivity contribution >= 4 is 17.9 Å². The van der Waals surface area contributed by atoms with Crippen LogP contribution in [-0.2, 0) is 14.3 Å². The molecule has 0 unspecified atom stereocenters. The van der Waals surface area contributed by atoms with Crippen LogP contribution in [-0.4, -0.2) is 54.2 Å². The minimum absolute atomic E-state index is 0.103. The molecule has 3 N–H and O–H groups in total. The smallest absolute Gasteiger partial charge is 0.407 e. The third-order valence-electron chi connectivity index (χ3n) is 2.90. The second kappa shape index (κ2) is 7.57. The number of ether oxygens (including phenoxy) is 1. The minimum atomic E-state index is -0.969. The molecule has 0 aromatic carbocycles. The zero-order chi connectivity index (χ0) is 14.3. The zero-order valence-electron chi connectivity index (χ0n) is 10.8. The molecule has 0 aromatic heterocycles. The van der Waals surface area contributed by atoms with E-state index in [4.69, 9.17) is 9.84 Å². The van der Waals surface area contributed by atoms with Crippen LogP contribution in [0.25, 0.3) is 0 Å². The minimum Gasteiger partial charge on any atom is -0.465 e. The van der Waals surface area contributed by atoms with Crippen LogP contribution in [0.3, 0.4) is 0 Å². The van der Waals surface area contributed by atoms with E-state index in [1.807, 2.05) is 0 Å². The van der Waals surface area contributed by atoms with Gasteiger partial charge in [-0.3, -0.25) is 20.4 Å². The average Bonchev–Trinajstić information content (AvgIpc) is 2.42. The maximum atomic E-state index is 11.7. The predicted molar refractivity (Wildman–Crippen MR) is 65.1 cm³/mol. The Kier molecular flexibility index (Phi) is 6.07. The summed E-state index contributed by atoms with van der Waals surface area (Å²) in [4.78, 5) is 34.9. The van der Waals surface area contributed by atoms with Gasteiger partial charge in [-0.25, -0.2) is 4.79 Å². The second-order valence-electron chi connectivity index (χ2n) is 4.22. The highest BCUT2D eigenvalue weighted by molar-refractivity contribution is 5.84. The summed E-state index contributed by atoms with van der Waals surface area (Å²) < 4.78 is 4.88. The summed E-state index contributed by atoms with van der Waals surface area (Å²) in [5.41, 5.74) is 4.58. The number of rotatable bonds is 4. The Morgan fingerprint density at radius 2 is 1.89 bits per heavy atom. The number of hydrogen-bond donors (Lipinski definition) is 3. The van der Waals surface area contributed by atoms with Crippen LogP contribution in [0.2, 0.25) is 0 Å². The maximum Gasteiger partial charge on any atom is 0.407 e. The summed E-state index contributed by atoms with van der Waals surface area (Å²) in [6.07, 6.45) is -0.0530. The summed E-state index contributed by atoms with van der Waals surface area (Å²) in [6, 6.07) is 0. The molecule has 0 bridgehead atoms. The number of carboxylic acid groups (broad SMARTS) is 1. The Labute approximate surface area is 111 Å². The first-order valence-electron chi connectivity index (χ1n) is 6.19.